The number of para-hydroxylation sites is 2. The third-order valence-electron chi connectivity index (χ3n) is 5.68. The van der Waals surface area contributed by atoms with E-state index in [9.17, 15) is 13.6 Å². The van der Waals surface area contributed by atoms with Gasteiger partial charge in [-0.1, -0.05) is 12.1 Å². The largest absolute Gasteiger partial charge is 0.349 e. The molecule has 0 spiro atoms. The second-order valence-corrected chi connectivity index (χ2v) is 7.77. The highest BCUT2D eigenvalue weighted by Gasteiger charge is 2.26. The van der Waals surface area contributed by atoms with Gasteiger partial charge >= 0.3 is 0 Å². The van der Waals surface area contributed by atoms with Gasteiger partial charge in [0, 0.05) is 30.2 Å². The molecule has 8 heteroatoms. The van der Waals surface area contributed by atoms with Crippen molar-refractivity contribution in [2.75, 3.05) is 0 Å². The molecule has 1 aliphatic carbocycles. The molecule has 31 heavy (non-hydrogen) atoms. The number of aryl methyl sites for hydroxylation is 1. The number of carbonyl (C=O) groups excluding carboxylic acids is 1. The van der Waals surface area contributed by atoms with E-state index < -0.39 is 11.6 Å². The molecular weight excluding hydrogens is 400 g/mol. The lowest BCUT2D eigenvalue weighted by atomic mass is 9.92. The molecule has 1 atom stereocenters. The molecule has 0 radical (unpaired) electrons. The number of hydrogen-bond acceptors (Lipinski definition) is 3. The standard InChI is InChI=1S/C23H21F2N5O/c24-14-8-9-21(16(25)12-14)30-20-7-3-6-17(15(20)13-26-30)29-23(31)11-10-22-27-18-4-1-2-5-19(18)28-22/h1-2,4-5,8-9,12-13,17H,3,6-7,10-11H2,(H,27,28)(H,29,31)/t17-/m0/s1. The summed E-state index contributed by atoms with van der Waals surface area (Å²) in [5.74, 6) is -0.584. The van der Waals surface area contributed by atoms with E-state index in [2.05, 4.69) is 20.4 Å². The van der Waals surface area contributed by atoms with Crippen LogP contribution in [0.4, 0.5) is 8.78 Å². The van der Waals surface area contributed by atoms with Crippen molar-refractivity contribution in [3.8, 4) is 5.69 Å². The summed E-state index contributed by atoms with van der Waals surface area (Å²) in [6.45, 7) is 0. The summed E-state index contributed by atoms with van der Waals surface area (Å²) in [6.07, 6.45) is 4.85. The SMILES string of the molecule is O=C(CCc1nc2ccccc2[nH]1)N[C@H]1CCCc2c1cnn2-c1ccc(F)cc1F. The lowest BCUT2D eigenvalue weighted by molar-refractivity contribution is -0.121. The molecule has 0 saturated carbocycles. The van der Waals surface area contributed by atoms with Gasteiger partial charge in [0.25, 0.3) is 0 Å². The number of rotatable bonds is 5. The minimum Gasteiger partial charge on any atom is -0.349 e. The third kappa shape index (κ3) is 3.81. The third-order valence-corrected chi connectivity index (χ3v) is 5.68. The van der Waals surface area contributed by atoms with Crippen molar-refractivity contribution in [1.82, 2.24) is 25.1 Å². The second-order valence-electron chi connectivity index (χ2n) is 7.77. The Hall–Kier alpha value is -3.55. The number of aromatic nitrogens is 4. The predicted octanol–water partition coefficient (Wildman–Crippen LogP) is 4.15. The van der Waals surface area contributed by atoms with Crippen LogP contribution in [0.15, 0.2) is 48.7 Å². The zero-order chi connectivity index (χ0) is 21.4. The fraction of sp³-hybridized carbons (Fsp3) is 0.261. The van der Waals surface area contributed by atoms with Gasteiger partial charge < -0.3 is 10.3 Å². The van der Waals surface area contributed by atoms with E-state index >= 15 is 0 Å². The molecule has 1 amide bonds. The number of halogens is 2. The summed E-state index contributed by atoms with van der Waals surface area (Å²) < 4.78 is 29.0. The van der Waals surface area contributed by atoms with Crippen molar-refractivity contribution < 1.29 is 13.6 Å². The van der Waals surface area contributed by atoms with E-state index in [1.54, 1.807) is 6.20 Å². The predicted molar refractivity (Wildman–Crippen MR) is 112 cm³/mol. The average Bonchev–Trinajstić information content (AvgIpc) is 3.37. The van der Waals surface area contributed by atoms with Gasteiger partial charge in [-0.3, -0.25) is 4.79 Å². The number of amides is 1. The van der Waals surface area contributed by atoms with Gasteiger partial charge in [0.05, 0.1) is 23.3 Å². The average molecular weight is 421 g/mol. The number of hydrogen-bond donors (Lipinski definition) is 2. The normalized spacial score (nSPS) is 15.7. The zero-order valence-electron chi connectivity index (χ0n) is 16.7. The van der Waals surface area contributed by atoms with Crippen molar-refractivity contribution in [3.63, 3.8) is 0 Å². The molecule has 0 unspecified atom stereocenters. The van der Waals surface area contributed by atoms with E-state index in [0.717, 1.165) is 53.4 Å². The van der Waals surface area contributed by atoms with Gasteiger partial charge in [0.1, 0.15) is 17.3 Å². The summed E-state index contributed by atoms with van der Waals surface area (Å²) in [6, 6.07) is 11.0. The van der Waals surface area contributed by atoms with Gasteiger partial charge in [0.15, 0.2) is 5.82 Å². The van der Waals surface area contributed by atoms with Crippen molar-refractivity contribution in [3.05, 3.63) is 77.4 Å². The van der Waals surface area contributed by atoms with E-state index in [-0.39, 0.29) is 17.6 Å². The Morgan fingerprint density at radius 2 is 2.10 bits per heavy atom. The summed E-state index contributed by atoms with van der Waals surface area (Å²) in [4.78, 5) is 20.3. The van der Waals surface area contributed by atoms with Crippen LogP contribution < -0.4 is 5.32 Å². The van der Waals surface area contributed by atoms with Gasteiger partial charge in [-0.2, -0.15) is 5.10 Å². The number of H-pyrrole nitrogens is 1. The molecule has 2 aromatic carbocycles. The van der Waals surface area contributed by atoms with E-state index in [0.29, 0.717) is 12.8 Å². The molecule has 0 bridgehead atoms. The number of nitrogens with zero attached hydrogens (tertiary/aromatic N) is 3. The highest BCUT2D eigenvalue weighted by Crippen LogP contribution is 2.31. The quantitative estimate of drug-likeness (QED) is 0.508. The molecule has 1 aliphatic rings. The molecule has 2 aromatic heterocycles. The molecule has 2 heterocycles. The fourth-order valence-corrected chi connectivity index (χ4v) is 4.19. The Kier molecular flexibility index (Phi) is 4.97. The molecule has 6 nitrogen and oxygen atoms in total. The molecule has 0 fully saturated rings. The Morgan fingerprint density at radius 3 is 2.94 bits per heavy atom. The number of carbonyl (C=O) groups is 1. The lowest BCUT2D eigenvalue weighted by Crippen LogP contribution is -2.31. The smallest absolute Gasteiger partial charge is 0.220 e. The Bertz CT molecular complexity index is 1230. The molecular formula is C23H21F2N5O. The Morgan fingerprint density at radius 1 is 1.23 bits per heavy atom. The summed E-state index contributed by atoms with van der Waals surface area (Å²) in [5.41, 5.74) is 3.77. The second kappa shape index (κ2) is 7.94. The first-order chi connectivity index (χ1) is 15.1. The molecule has 0 aliphatic heterocycles. The van der Waals surface area contributed by atoms with Crippen LogP contribution in [0.2, 0.25) is 0 Å². The lowest BCUT2D eigenvalue weighted by Gasteiger charge is -2.24. The number of imidazole rings is 1. The minimum absolute atomic E-state index is 0.0704. The van der Waals surface area contributed by atoms with Gasteiger partial charge in [-0.05, 0) is 43.5 Å². The van der Waals surface area contributed by atoms with Crippen LogP contribution in [0, 0.1) is 11.6 Å². The van der Waals surface area contributed by atoms with Crippen LogP contribution in [0.5, 0.6) is 0 Å². The van der Waals surface area contributed by atoms with Gasteiger partial charge in [-0.25, -0.2) is 18.4 Å². The van der Waals surface area contributed by atoms with Crippen molar-refractivity contribution in [1.29, 1.82) is 0 Å². The Labute approximate surface area is 177 Å². The molecule has 5 rings (SSSR count). The number of fused-ring (bicyclic) bond motifs is 2. The Balaban J connectivity index is 1.29. The highest BCUT2D eigenvalue weighted by atomic mass is 19.1. The minimum atomic E-state index is -0.664. The maximum Gasteiger partial charge on any atom is 0.220 e. The van der Waals surface area contributed by atoms with E-state index in [1.807, 2.05) is 24.3 Å². The number of nitrogens with one attached hydrogen (secondary N) is 2. The van der Waals surface area contributed by atoms with Crippen LogP contribution in [0.3, 0.4) is 0 Å². The van der Waals surface area contributed by atoms with Gasteiger partial charge in [0.2, 0.25) is 5.91 Å². The van der Waals surface area contributed by atoms with E-state index in [4.69, 9.17) is 0 Å². The molecule has 2 N–H and O–H groups in total. The summed E-state index contributed by atoms with van der Waals surface area (Å²) >= 11 is 0. The number of benzene rings is 2. The summed E-state index contributed by atoms with van der Waals surface area (Å²) in [5, 5.41) is 7.40. The van der Waals surface area contributed by atoms with Crippen LogP contribution in [0.25, 0.3) is 16.7 Å². The van der Waals surface area contributed by atoms with Crippen LogP contribution in [0.1, 0.15) is 42.4 Å². The molecule has 4 aromatic rings. The zero-order valence-corrected chi connectivity index (χ0v) is 16.7. The van der Waals surface area contributed by atoms with Crippen molar-refractivity contribution in [2.45, 2.75) is 38.1 Å². The van der Waals surface area contributed by atoms with Crippen LogP contribution in [-0.2, 0) is 17.6 Å². The monoisotopic (exact) mass is 421 g/mol. The fourth-order valence-electron chi connectivity index (χ4n) is 4.19. The number of aromatic amines is 1. The highest BCUT2D eigenvalue weighted by molar-refractivity contribution is 5.77. The van der Waals surface area contributed by atoms with Crippen molar-refractivity contribution in [2.24, 2.45) is 0 Å². The van der Waals surface area contributed by atoms with Crippen molar-refractivity contribution >= 4 is 16.9 Å². The van der Waals surface area contributed by atoms with Crippen LogP contribution in [-0.4, -0.2) is 25.7 Å². The maximum absolute atomic E-state index is 14.3. The topological polar surface area (TPSA) is 75.6 Å². The maximum atomic E-state index is 14.3. The first-order valence-corrected chi connectivity index (χ1v) is 10.3. The molecule has 158 valence electrons. The summed E-state index contributed by atoms with van der Waals surface area (Å²) in [7, 11) is 0. The van der Waals surface area contributed by atoms with Crippen LogP contribution >= 0.6 is 0 Å². The van der Waals surface area contributed by atoms with E-state index in [1.165, 1.54) is 16.8 Å². The first kappa shape index (κ1) is 19.4. The van der Waals surface area contributed by atoms with Gasteiger partial charge in [-0.15, -0.1) is 0 Å². The molecule has 0 saturated heterocycles. The first-order valence-electron chi connectivity index (χ1n) is 10.3.